The average Bonchev–Trinajstić information content (AvgIpc) is 2.03. The molecule has 1 aromatic rings. The highest BCUT2D eigenvalue weighted by Gasteiger charge is 2.09. The van der Waals surface area contributed by atoms with E-state index >= 15 is 0 Å². The Bertz CT molecular complexity index is 286. The van der Waals surface area contributed by atoms with Gasteiger partial charge in [0, 0.05) is 12.1 Å². The summed E-state index contributed by atoms with van der Waals surface area (Å²) in [6, 6.07) is 4.07. The fourth-order valence-corrected chi connectivity index (χ4v) is 1.41. The lowest BCUT2D eigenvalue weighted by atomic mass is 10.3. The molecule has 0 unspecified atom stereocenters. The van der Waals surface area contributed by atoms with Crippen LogP contribution in [0.3, 0.4) is 0 Å². The van der Waals surface area contributed by atoms with Gasteiger partial charge < -0.3 is 14.6 Å². The van der Waals surface area contributed by atoms with E-state index < -0.39 is 0 Å². The van der Waals surface area contributed by atoms with E-state index in [0.717, 1.165) is 0 Å². The molecular weight excluding hydrogens is 224 g/mol. The summed E-state index contributed by atoms with van der Waals surface area (Å²) < 4.78 is 10.5. The summed E-state index contributed by atoms with van der Waals surface area (Å²) in [5.41, 5.74) is 0. The third-order valence-corrected chi connectivity index (χ3v) is 1.91. The van der Waals surface area contributed by atoms with Crippen LogP contribution in [0.4, 0.5) is 0 Å². The summed E-state index contributed by atoms with van der Waals surface area (Å²) in [5, 5.41) is 9.12. The molecule has 0 heterocycles. The van der Waals surface area contributed by atoms with Crippen molar-refractivity contribution < 1.29 is 14.6 Å². The van der Waals surface area contributed by atoms with Gasteiger partial charge in [-0.1, -0.05) is 0 Å². The normalized spacial score (nSPS) is 9.58. The first-order chi connectivity index (χ1) is 5.69. The van der Waals surface area contributed by atoms with E-state index in [1.807, 2.05) is 0 Å². The fourth-order valence-electron chi connectivity index (χ4n) is 0.845. The number of benzene rings is 1. The number of phenols is 1. The third-order valence-electron chi connectivity index (χ3n) is 1.35. The summed E-state index contributed by atoms with van der Waals surface area (Å²) in [4.78, 5) is 0. The molecule has 0 atom stereocenters. The molecule has 1 rings (SSSR count). The molecule has 0 saturated carbocycles. The molecule has 1 radical (unpaired) electrons. The zero-order valence-corrected chi connectivity index (χ0v) is 8.31. The van der Waals surface area contributed by atoms with Crippen LogP contribution < -0.4 is 9.47 Å². The van der Waals surface area contributed by atoms with Gasteiger partial charge in [0.1, 0.15) is 5.75 Å². The lowest BCUT2D eigenvalue weighted by molar-refractivity contribution is 0.349. The smallest absolute Gasteiger partial charge is 0.175 e. The summed E-state index contributed by atoms with van der Waals surface area (Å²) in [7, 11) is 3.03. The molecule has 0 aliphatic heterocycles. The maximum absolute atomic E-state index is 9.12. The minimum absolute atomic E-state index is 0.0134. The Morgan fingerprint density at radius 1 is 1.42 bits per heavy atom. The van der Waals surface area contributed by atoms with Crippen LogP contribution in [-0.4, -0.2) is 19.3 Å². The van der Waals surface area contributed by atoms with Crippen LogP contribution in [0.15, 0.2) is 10.5 Å². The predicted molar refractivity (Wildman–Crippen MR) is 47.7 cm³/mol. The van der Waals surface area contributed by atoms with Crippen molar-refractivity contribution in [2.45, 2.75) is 0 Å². The van der Waals surface area contributed by atoms with E-state index in [2.05, 4.69) is 22.0 Å². The molecule has 0 spiro atoms. The van der Waals surface area contributed by atoms with Crippen LogP contribution in [0.1, 0.15) is 0 Å². The van der Waals surface area contributed by atoms with Crippen LogP contribution in [0, 0.1) is 6.07 Å². The van der Waals surface area contributed by atoms with Gasteiger partial charge in [-0.25, -0.2) is 0 Å². The van der Waals surface area contributed by atoms with Gasteiger partial charge in [-0.15, -0.1) is 0 Å². The predicted octanol–water partition coefficient (Wildman–Crippen LogP) is 1.97. The number of halogens is 1. The average molecular weight is 232 g/mol. The Balaban J connectivity index is 3.24. The Kier molecular flexibility index (Phi) is 2.81. The van der Waals surface area contributed by atoms with Crippen molar-refractivity contribution in [3.05, 3.63) is 16.6 Å². The number of rotatable bonds is 2. The van der Waals surface area contributed by atoms with Crippen LogP contribution in [0.5, 0.6) is 17.2 Å². The van der Waals surface area contributed by atoms with Gasteiger partial charge in [-0.2, -0.15) is 0 Å². The molecule has 0 aliphatic carbocycles. The minimum Gasteiger partial charge on any atom is -0.507 e. The highest BCUT2D eigenvalue weighted by atomic mass is 79.9. The second kappa shape index (κ2) is 3.67. The molecule has 4 heteroatoms. The fraction of sp³-hybridized carbons (Fsp3) is 0.250. The van der Waals surface area contributed by atoms with E-state index in [9.17, 15) is 0 Å². The molecular formula is C8H8BrO3. The minimum atomic E-state index is 0.0134. The standard InChI is InChI=1S/C8H8BrO3/c1-11-7-4-5(10)3-6(9)8(7)12-2/h4,10H,1-2H3. The van der Waals surface area contributed by atoms with Crippen LogP contribution >= 0.6 is 15.9 Å². The molecule has 1 N–H and O–H groups in total. The van der Waals surface area contributed by atoms with E-state index in [4.69, 9.17) is 14.6 Å². The highest BCUT2D eigenvalue weighted by molar-refractivity contribution is 9.10. The Labute approximate surface area is 79.1 Å². The van der Waals surface area contributed by atoms with E-state index in [-0.39, 0.29) is 5.75 Å². The topological polar surface area (TPSA) is 38.7 Å². The van der Waals surface area contributed by atoms with Gasteiger partial charge in [0.25, 0.3) is 0 Å². The molecule has 3 nitrogen and oxygen atoms in total. The van der Waals surface area contributed by atoms with Gasteiger partial charge in [-0.05, 0) is 15.9 Å². The Morgan fingerprint density at radius 3 is 2.58 bits per heavy atom. The van der Waals surface area contributed by atoms with Gasteiger partial charge in [0.2, 0.25) is 0 Å². The Morgan fingerprint density at radius 2 is 2.08 bits per heavy atom. The molecule has 0 fully saturated rings. The first kappa shape index (κ1) is 9.19. The zero-order chi connectivity index (χ0) is 9.14. The number of methoxy groups -OCH3 is 2. The largest absolute Gasteiger partial charge is 0.507 e. The van der Waals surface area contributed by atoms with Gasteiger partial charge >= 0.3 is 0 Å². The first-order valence-corrected chi connectivity index (χ1v) is 4.01. The number of ether oxygens (including phenoxy) is 2. The monoisotopic (exact) mass is 231 g/mol. The van der Waals surface area contributed by atoms with Crippen molar-refractivity contribution in [1.82, 2.24) is 0 Å². The molecule has 0 saturated heterocycles. The van der Waals surface area contributed by atoms with E-state index in [1.54, 1.807) is 0 Å². The maximum Gasteiger partial charge on any atom is 0.175 e. The van der Waals surface area contributed by atoms with Gasteiger partial charge in [0.15, 0.2) is 11.5 Å². The second-order valence-electron chi connectivity index (χ2n) is 2.07. The van der Waals surface area contributed by atoms with Crippen molar-refractivity contribution in [1.29, 1.82) is 0 Å². The summed E-state index contributed by atoms with van der Waals surface area (Å²) in [6.45, 7) is 0. The number of aromatic hydroxyl groups is 1. The molecule has 0 bridgehead atoms. The summed E-state index contributed by atoms with van der Waals surface area (Å²) >= 11 is 3.18. The number of hydrogen-bond donors (Lipinski definition) is 1. The quantitative estimate of drug-likeness (QED) is 0.847. The zero-order valence-electron chi connectivity index (χ0n) is 6.72. The third kappa shape index (κ3) is 1.64. The van der Waals surface area contributed by atoms with Gasteiger partial charge in [0.05, 0.1) is 18.7 Å². The maximum atomic E-state index is 9.12. The molecule has 1 aromatic carbocycles. The molecule has 0 aliphatic rings. The SMILES string of the molecule is COc1cc(O)[c]c(Br)c1OC. The van der Waals surface area contributed by atoms with Crippen LogP contribution in [0.25, 0.3) is 0 Å². The number of hydrogen-bond acceptors (Lipinski definition) is 3. The van der Waals surface area contributed by atoms with Crippen molar-refractivity contribution in [2.75, 3.05) is 14.2 Å². The van der Waals surface area contributed by atoms with Crippen molar-refractivity contribution in [3.63, 3.8) is 0 Å². The van der Waals surface area contributed by atoms with E-state index in [0.29, 0.717) is 16.0 Å². The van der Waals surface area contributed by atoms with E-state index in [1.165, 1.54) is 20.3 Å². The van der Waals surface area contributed by atoms with Gasteiger partial charge in [-0.3, -0.25) is 0 Å². The van der Waals surface area contributed by atoms with Crippen molar-refractivity contribution in [2.24, 2.45) is 0 Å². The highest BCUT2D eigenvalue weighted by Crippen LogP contribution is 2.37. The molecule has 0 amide bonds. The van der Waals surface area contributed by atoms with Crippen LogP contribution in [0.2, 0.25) is 0 Å². The molecule has 0 aromatic heterocycles. The molecule has 12 heavy (non-hydrogen) atoms. The summed E-state index contributed by atoms with van der Waals surface area (Å²) in [5.74, 6) is 1.01. The number of phenolic OH excluding ortho intramolecular Hbond substituents is 1. The van der Waals surface area contributed by atoms with Crippen molar-refractivity contribution >= 4 is 15.9 Å². The lowest BCUT2D eigenvalue weighted by Crippen LogP contribution is -1.91. The first-order valence-electron chi connectivity index (χ1n) is 3.21. The lowest BCUT2D eigenvalue weighted by Gasteiger charge is -2.08. The van der Waals surface area contributed by atoms with Crippen LogP contribution in [-0.2, 0) is 0 Å². The molecule has 65 valence electrons. The Hall–Kier alpha value is -0.900. The summed E-state index contributed by atoms with van der Waals surface area (Å²) in [6.07, 6.45) is 0. The second-order valence-corrected chi connectivity index (χ2v) is 2.86. The van der Waals surface area contributed by atoms with Crippen molar-refractivity contribution in [3.8, 4) is 17.2 Å².